The lowest BCUT2D eigenvalue weighted by molar-refractivity contribution is -0.120. The topological polar surface area (TPSA) is 107 Å². The van der Waals surface area contributed by atoms with Crippen LogP contribution in [0.1, 0.15) is 46.3 Å². The first kappa shape index (κ1) is 33.4. The first-order chi connectivity index (χ1) is 23.1. The fourth-order valence-corrected chi connectivity index (χ4v) is 7.16. The predicted octanol–water partition coefficient (Wildman–Crippen LogP) is 3.79. The van der Waals surface area contributed by atoms with Gasteiger partial charge in [0, 0.05) is 107 Å². The summed E-state index contributed by atoms with van der Waals surface area (Å²) in [7, 11) is 3.51. The number of aryl methyl sites for hydroxylation is 1. The van der Waals surface area contributed by atoms with Gasteiger partial charge in [-0.15, -0.1) is 0 Å². The Hall–Kier alpha value is -4.48. The number of nitrogens with zero attached hydrogens (tertiary/aromatic N) is 5. The normalized spacial score (nSPS) is 18.2. The van der Waals surface area contributed by atoms with Crippen LogP contribution in [0.4, 0.5) is 10.5 Å². The minimum absolute atomic E-state index is 0.0134. The number of carbonyl (C=O) groups excluding carboxylic acids is 3. The lowest BCUT2D eigenvalue weighted by Gasteiger charge is -2.39. The van der Waals surface area contributed by atoms with Crippen molar-refractivity contribution < 1.29 is 19.1 Å². The van der Waals surface area contributed by atoms with Gasteiger partial charge in [0.05, 0.1) is 7.11 Å². The van der Waals surface area contributed by atoms with E-state index in [1.807, 2.05) is 24.9 Å². The lowest BCUT2D eigenvalue weighted by Crippen LogP contribution is -2.49. The van der Waals surface area contributed by atoms with Gasteiger partial charge in [0.15, 0.2) is 0 Å². The number of anilines is 1. The fourth-order valence-electron chi connectivity index (χ4n) is 7.16. The molecule has 3 saturated heterocycles. The Morgan fingerprint density at radius 2 is 1.62 bits per heavy atom. The number of piperazine rings is 1. The molecule has 3 fully saturated rings. The van der Waals surface area contributed by atoms with Crippen molar-refractivity contribution in [2.24, 2.45) is 13.0 Å². The number of pyridine rings is 1. The van der Waals surface area contributed by atoms with Crippen LogP contribution < -0.4 is 20.5 Å². The Bertz CT molecular complexity index is 1750. The molecular weight excluding hydrogens is 608 g/mol. The molecule has 3 aliphatic rings. The Morgan fingerprint density at radius 3 is 2.33 bits per heavy atom. The van der Waals surface area contributed by atoms with Crippen LogP contribution in [0.25, 0.3) is 11.1 Å². The van der Waals surface area contributed by atoms with Gasteiger partial charge in [-0.25, -0.2) is 4.79 Å². The quantitative estimate of drug-likeness (QED) is 0.394. The van der Waals surface area contributed by atoms with Crippen LogP contribution in [0.15, 0.2) is 53.5 Å². The van der Waals surface area contributed by atoms with Gasteiger partial charge in [-0.3, -0.25) is 29.5 Å². The highest BCUT2D eigenvalue weighted by Crippen LogP contribution is 2.31. The minimum atomic E-state index is -0.449. The van der Waals surface area contributed by atoms with E-state index in [9.17, 15) is 19.2 Å². The number of aromatic nitrogens is 1. The van der Waals surface area contributed by atoms with E-state index in [2.05, 4.69) is 33.3 Å². The average Bonchev–Trinajstić information content (AvgIpc) is 3.10. The highest BCUT2D eigenvalue weighted by Gasteiger charge is 2.28. The monoisotopic (exact) mass is 654 g/mol. The summed E-state index contributed by atoms with van der Waals surface area (Å²) in [5.74, 6) is 1.13. The molecule has 1 N–H and O–H groups in total. The summed E-state index contributed by atoms with van der Waals surface area (Å²) in [4.78, 5) is 58.0. The average molecular weight is 655 g/mol. The number of urea groups is 1. The van der Waals surface area contributed by atoms with Gasteiger partial charge in [0.1, 0.15) is 5.75 Å². The molecular formula is C37H46N6O5. The number of hydrogen-bond acceptors (Lipinski definition) is 7. The number of imide groups is 1. The molecule has 11 nitrogen and oxygen atoms in total. The predicted molar refractivity (Wildman–Crippen MR) is 185 cm³/mol. The molecule has 48 heavy (non-hydrogen) atoms. The summed E-state index contributed by atoms with van der Waals surface area (Å²) in [6.07, 6.45) is 4.10. The molecule has 3 aliphatic heterocycles. The summed E-state index contributed by atoms with van der Waals surface area (Å²) in [5, 5.41) is 2.34. The van der Waals surface area contributed by atoms with E-state index < -0.39 is 6.03 Å². The lowest BCUT2D eigenvalue weighted by atomic mass is 9.95. The third kappa shape index (κ3) is 7.17. The summed E-state index contributed by atoms with van der Waals surface area (Å²) in [5.41, 5.74) is 6.23. The first-order valence-corrected chi connectivity index (χ1v) is 16.9. The van der Waals surface area contributed by atoms with Crippen LogP contribution in [-0.4, -0.2) is 96.6 Å². The van der Waals surface area contributed by atoms with Crippen LogP contribution in [0, 0.1) is 19.8 Å². The largest absolute Gasteiger partial charge is 0.496 e. The van der Waals surface area contributed by atoms with Crippen molar-refractivity contribution in [3.8, 4) is 16.9 Å². The summed E-state index contributed by atoms with van der Waals surface area (Å²) >= 11 is 0. The maximum absolute atomic E-state index is 13.4. The Labute approximate surface area is 282 Å². The maximum Gasteiger partial charge on any atom is 0.328 e. The van der Waals surface area contributed by atoms with Crippen LogP contribution in [0.2, 0.25) is 0 Å². The van der Waals surface area contributed by atoms with Crippen molar-refractivity contribution in [3.05, 3.63) is 81.3 Å². The van der Waals surface area contributed by atoms with Gasteiger partial charge in [-0.05, 0) is 68.0 Å². The van der Waals surface area contributed by atoms with Gasteiger partial charge in [-0.1, -0.05) is 18.2 Å². The minimum Gasteiger partial charge on any atom is -0.496 e. The number of rotatable bonds is 8. The number of methoxy groups -OCH3 is 1. The van der Waals surface area contributed by atoms with Gasteiger partial charge in [-0.2, -0.15) is 0 Å². The van der Waals surface area contributed by atoms with E-state index in [0.29, 0.717) is 23.7 Å². The standard InChI is InChI=1S/C37H46N6O5/c1-25-26(2)35(45)39(3)24-32(25)28-8-9-30(33(21-28)48-4)23-41-18-16-40(17-19-41)22-27-10-13-42(14-11-27)36(46)29-6-5-7-31(20-29)43-15-12-34(44)38-37(43)47/h5-9,20-21,24,27H,10-19,22-23H2,1-4H3,(H,38,44,47). The molecule has 4 heterocycles. The van der Waals surface area contributed by atoms with E-state index in [-0.39, 0.29) is 23.8 Å². The molecule has 1 aromatic heterocycles. The molecule has 6 rings (SSSR count). The van der Waals surface area contributed by atoms with Crippen molar-refractivity contribution in [1.82, 2.24) is 24.6 Å². The number of amides is 4. The zero-order valence-corrected chi connectivity index (χ0v) is 28.5. The highest BCUT2D eigenvalue weighted by molar-refractivity contribution is 6.06. The number of carbonyl (C=O) groups is 3. The number of nitrogens with one attached hydrogen (secondary N) is 1. The Balaban J connectivity index is 0.979. The third-order valence-corrected chi connectivity index (χ3v) is 10.3. The summed E-state index contributed by atoms with van der Waals surface area (Å²) in [6, 6.07) is 13.1. The van der Waals surface area contributed by atoms with E-state index in [1.54, 1.807) is 43.0 Å². The van der Waals surface area contributed by atoms with E-state index in [4.69, 9.17) is 4.74 Å². The SMILES string of the molecule is COc1cc(-c2cn(C)c(=O)c(C)c2C)ccc1CN1CCN(CC2CCN(C(=O)c3cccc(N4CCC(=O)NC4=O)c3)CC2)CC1. The number of benzene rings is 2. The number of likely N-dealkylation sites (tertiary alicyclic amines) is 1. The molecule has 0 aliphatic carbocycles. The van der Waals surface area contributed by atoms with Crippen LogP contribution in [0.3, 0.4) is 0 Å². The molecule has 4 amide bonds. The number of piperidine rings is 1. The summed E-state index contributed by atoms with van der Waals surface area (Å²) < 4.78 is 7.47. The third-order valence-electron chi connectivity index (χ3n) is 10.3. The second-order valence-electron chi connectivity index (χ2n) is 13.4. The van der Waals surface area contributed by atoms with Crippen molar-refractivity contribution in [2.45, 2.75) is 39.7 Å². The van der Waals surface area contributed by atoms with E-state index in [1.165, 1.54) is 4.90 Å². The Morgan fingerprint density at radius 1 is 0.896 bits per heavy atom. The summed E-state index contributed by atoms with van der Waals surface area (Å²) in [6.45, 7) is 11.5. The molecule has 254 valence electrons. The van der Waals surface area contributed by atoms with Crippen LogP contribution in [-0.2, 0) is 18.4 Å². The zero-order chi connectivity index (χ0) is 33.9. The van der Waals surface area contributed by atoms with Gasteiger partial charge in [0.2, 0.25) is 5.91 Å². The molecule has 0 atom stereocenters. The molecule has 0 radical (unpaired) electrons. The van der Waals surface area contributed by atoms with Crippen molar-refractivity contribution in [1.29, 1.82) is 0 Å². The van der Waals surface area contributed by atoms with Crippen molar-refractivity contribution in [3.63, 3.8) is 0 Å². The molecule has 0 bridgehead atoms. The maximum atomic E-state index is 13.4. The molecule has 0 saturated carbocycles. The zero-order valence-electron chi connectivity index (χ0n) is 28.5. The van der Waals surface area contributed by atoms with Gasteiger partial charge >= 0.3 is 6.03 Å². The Kier molecular flexibility index (Phi) is 9.98. The fraction of sp³-hybridized carbons (Fsp3) is 0.459. The number of ether oxygens (including phenoxy) is 1. The van der Waals surface area contributed by atoms with E-state index >= 15 is 0 Å². The molecule has 11 heteroatoms. The van der Waals surface area contributed by atoms with Gasteiger partial charge in [0.25, 0.3) is 11.5 Å². The van der Waals surface area contributed by atoms with Crippen molar-refractivity contribution >= 4 is 23.5 Å². The second kappa shape index (κ2) is 14.3. The second-order valence-corrected chi connectivity index (χ2v) is 13.4. The molecule has 0 spiro atoms. The molecule has 0 unspecified atom stereocenters. The van der Waals surface area contributed by atoms with Crippen molar-refractivity contribution in [2.75, 3.05) is 64.4 Å². The van der Waals surface area contributed by atoms with Crippen LogP contribution >= 0.6 is 0 Å². The van der Waals surface area contributed by atoms with E-state index in [0.717, 1.165) is 98.8 Å². The van der Waals surface area contributed by atoms with Crippen LogP contribution in [0.5, 0.6) is 5.75 Å². The molecule has 2 aromatic carbocycles. The highest BCUT2D eigenvalue weighted by atomic mass is 16.5. The first-order valence-electron chi connectivity index (χ1n) is 16.9. The molecule has 3 aromatic rings. The number of hydrogen-bond donors (Lipinski definition) is 1. The smallest absolute Gasteiger partial charge is 0.328 e. The van der Waals surface area contributed by atoms with Gasteiger partial charge < -0.3 is 19.1 Å².